The normalized spacial score (nSPS) is 13.9. The summed E-state index contributed by atoms with van der Waals surface area (Å²) in [4.78, 5) is 15.4. The molecule has 3 aromatic carbocycles. The molecule has 0 amide bonds. The van der Waals surface area contributed by atoms with Crippen LogP contribution >= 0.6 is 23.7 Å². The maximum atomic E-state index is 15.2. The number of nitrogens with one attached hydrogen (secondary N) is 2. The number of pyridine rings is 1. The molecule has 0 spiro atoms. The lowest BCUT2D eigenvalue weighted by atomic mass is 9.96. The van der Waals surface area contributed by atoms with Crippen molar-refractivity contribution in [2.24, 2.45) is 0 Å². The molecule has 39 heavy (non-hydrogen) atoms. The number of aromatic nitrogens is 3. The van der Waals surface area contributed by atoms with E-state index in [9.17, 15) is 0 Å². The molecule has 1 aliphatic rings. The van der Waals surface area contributed by atoms with Crippen molar-refractivity contribution in [2.45, 2.75) is 53.0 Å². The molecule has 0 aliphatic heterocycles. The van der Waals surface area contributed by atoms with E-state index in [-0.39, 0.29) is 5.82 Å². The molecule has 6 rings (SSSR count). The van der Waals surface area contributed by atoms with Gasteiger partial charge in [-0.3, -0.25) is 0 Å². The number of nitrogens with zero attached hydrogens (tertiary/aromatic N) is 3. The predicted octanol–water partition coefficient (Wildman–Crippen LogP) is 8.85. The number of benzene rings is 3. The molecule has 0 unspecified atom stereocenters. The van der Waals surface area contributed by atoms with E-state index in [0.29, 0.717) is 27.6 Å². The first kappa shape index (κ1) is 25.6. The SMILES string of the molecule is Fc1cc(NSc2cccc3ccccc23)ccc1Sc1ncccc1-c1ccnc(NC2CCCCC2)n1. The fourth-order valence-electron chi connectivity index (χ4n) is 4.82. The molecule has 0 saturated heterocycles. The molecule has 2 heterocycles. The number of hydrogen-bond donors (Lipinski definition) is 2. The molecule has 1 fully saturated rings. The molecular weight excluding hydrogens is 526 g/mol. The standard InChI is InChI=1S/C31H28FN5S2/c32-26-20-23(37-39-28-14-6-9-21-8-4-5-12-24(21)28)15-16-29(26)38-30-25(13-7-18-33-30)27-17-19-34-31(36-27)35-22-10-2-1-3-11-22/h4-9,12-20,22,37H,1-3,10-11H2,(H,34,35,36). The molecule has 2 N–H and O–H groups in total. The van der Waals surface area contributed by atoms with Crippen LogP contribution in [0.5, 0.6) is 0 Å². The molecule has 2 aromatic heterocycles. The van der Waals surface area contributed by atoms with Crippen LogP contribution in [-0.4, -0.2) is 21.0 Å². The summed E-state index contributed by atoms with van der Waals surface area (Å²) in [5.41, 5.74) is 2.32. The highest BCUT2D eigenvalue weighted by Gasteiger charge is 2.16. The van der Waals surface area contributed by atoms with E-state index in [1.807, 2.05) is 42.5 Å². The van der Waals surface area contributed by atoms with Crippen molar-refractivity contribution >= 4 is 46.1 Å². The second-order valence-corrected chi connectivity index (χ2v) is 11.4. The van der Waals surface area contributed by atoms with Crippen molar-refractivity contribution in [3.63, 3.8) is 0 Å². The van der Waals surface area contributed by atoms with Crippen LogP contribution in [0.15, 0.2) is 106 Å². The molecule has 1 saturated carbocycles. The van der Waals surface area contributed by atoms with Crippen LogP contribution in [0.25, 0.3) is 22.0 Å². The van der Waals surface area contributed by atoms with Gasteiger partial charge in [-0.15, -0.1) is 0 Å². The van der Waals surface area contributed by atoms with E-state index in [4.69, 9.17) is 4.98 Å². The minimum atomic E-state index is -0.303. The summed E-state index contributed by atoms with van der Waals surface area (Å²) in [6.45, 7) is 0. The van der Waals surface area contributed by atoms with Crippen molar-refractivity contribution in [3.8, 4) is 11.3 Å². The average Bonchev–Trinajstić information content (AvgIpc) is 2.98. The largest absolute Gasteiger partial charge is 0.351 e. The van der Waals surface area contributed by atoms with E-state index >= 15 is 4.39 Å². The zero-order valence-corrected chi connectivity index (χ0v) is 22.9. The van der Waals surface area contributed by atoms with Crippen LogP contribution in [0.1, 0.15) is 32.1 Å². The minimum Gasteiger partial charge on any atom is -0.351 e. The number of rotatable bonds is 8. The Balaban J connectivity index is 1.17. The smallest absolute Gasteiger partial charge is 0.223 e. The van der Waals surface area contributed by atoms with Gasteiger partial charge in [-0.25, -0.2) is 19.3 Å². The predicted molar refractivity (Wildman–Crippen MR) is 160 cm³/mol. The maximum absolute atomic E-state index is 15.2. The lowest BCUT2D eigenvalue weighted by Gasteiger charge is -2.22. The highest BCUT2D eigenvalue weighted by atomic mass is 32.2. The van der Waals surface area contributed by atoms with Crippen molar-refractivity contribution in [3.05, 3.63) is 97.1 Å². The zero-order valence-electron chi connectivity index (χ0n) is 21.3. The third kappa shape index (κ3) is 6.18. The summed E-state index contributed by atoms with van der Waals surface area (Å²) in [7, 11) is 0. The first-order valence-electron chi connectivity index (χ1n) is 13.2. The van der Waals surface area contributed by atoms with Gasteiger partial charge in [0.25, 0.3) is 0 Å². The number of anilines is 2. The van der Waals surface area contributed by atoms with E-state index in [0.717, 1.165) is 34.4 Å². The number of halogens is 1. The van der Waals surface area contributed by atoms with Gasteiger partial charge in [0.1, 0.15) is 10.8 Å². The van der Waals surface area contributed by atoms with Gasteiger partial charge in [0.15, 0.2) is 0 Å². The highest BCUT2D eigenvalue weighted by Crippen LogP contribution is 2.37. The molecule has 0 atom stereocenters. The summed E-state index contributed by atoms with van der Waals surface area (Å²) >= 11 is 2.78. The zero-order chi connectivity index (χ0) is 26.4. The lowest BCUT2D eigenvalue weighted by Crippen LogP contribution is -2.23. The fourth-order valence-corrected chi connectivity index (χ4v) is 6.52. The Labute approximate surface area is 236 Å². The van der Waals surface area contributed by atoms with Crippen LogP contribution in [0.2, 0.25) is 0 Å². The molecular formula is C31H28FN5S2. The van der Waals surface area contributed by atoms with Crippen molar-refractivity contribution in [1.82, 2.24) is 15.0 Å². The van der Waals surface area contributed by atoms with E-state index in [2.05, 4.69) is 44.3 Å². The third-order valence-electron chi connectivity index (χ3n) is 6.81. The van der Waals surface area contributed by atoms with Gasteiger partial charge in [0.05, 0.1) is 5.69 Å². The average molecular weight is 554 g/mol. The molecule has 8 heteroatoms. The Morgan fingerprint density at radius 2 is 1.67 bits per heavy atom. The number of fused-ring (bicyclic) bond motifs is 1. The minimum absolute atomic E-state index is 0.303. The molecule has 5 nitrogen and oxygen atoms in total. The molecule has 5 aromatic rings. The number of hydrogen-bond acceptors (Lipinski definition) is 7. The Hall–Kier alpha value is -3.62. The lowest BCUT2D eigenvalue weighted by molar-refractivity contribution is 0.461. The molecule has 1 aliphatic carbocycles. The quantitative estimate of drug-likeness (QED) is 0.186. The van der Waals surface area contributed by atoms with Crippen LogP contribution in [0, 0.1) is 5.82 Å². The Bertz CT molecular complexity index is 1580. The second kappa shape index (κ2) is 12.1. The van der Waals surface area contributed by atoms with Crippen molar-refractivity contribution in [1.29, 1.82) is 0 Å². The summed E-state index contributed by atoms with van der Waals surface area (Å²) in [6, 6.07) is 25.8. The van der Waals surface area contributed by atoms with Crippen LogP contribution in [-0.2, 0) is 0 Å². The second-order valence-electron chi connectivity index (χ2n) is 9.53. The maximum Gasteiger partial charge on any atom is 0.223 e. The summed E-state index contributed by atoms with van der Waals surface area (Å²) in [5, 5.41) is 6.53. The Kier molecular flexibility index (Phi) is 7.93. The van der Waals surface area contributed by atoms with Gasteiger partial charge in [-0.1, -0.05) is 67.4 Å². The third-order valence-corrected chi connectivity index (χ3v) is 8.79. The summed E-state index contributed by atoms with van der Waals surface area (Å²) in [5.74, 6) is 0.326. The van der Waals surface area contributed by atoms with Gasteiger partial charge in [-0.05, 0) is 78.0 Å². The van der Waals surface area contributed by atoms with Gasteiger partial charge < -0.3 is 10.0 Å². The molecule has 196 valence electrons. The Morgan fingerprint density at radius 1 is 0.795 bits per heavy atom. The van der Waals surface area contributed by atoms with Gasteiger partial charge in [0, 0.05) is 39.5 Å². The fraction of sp³-hybridized carbons (Fsp3) is 0.194. The van der Waals surface area contributed by atoms with Gasteiger partial charge in [0.2, 0.25) is 5.95 Å². The van der Waals surface area contributed by atoms with Crippen molar-refractivity contribution < 1.29 is 4.39 Å². The highest BCUT2D eigenvalue weighted by molar-refractivity contribution is 8.00. The monoisotopic (exact) mass is 553 g/mol. The van der Waals surface area contributed by atoms with E-state index < -0.39 is 0 Å². The molecule has 0 radical (unpaired) electrons. The van der Waals surface area contributed by atoms with Gasteiger partial charge >= 0.3 is 0 Å². The first-order chi connectivity index (χ1) is 19.2. The summed E-state index contributed by atoms with van der Waals surface area (Å²) in [6.07, 6.45) is 9.56. The molecule has 0 bridgehead atoms. The van der Waals surface area contributed by atoms with E-state index in [1.54, 1.807) is 18.5 Å². The van der Waals surface area contributed by atoms with E-state index in [1.165, 1.54) is 54.4 Å². The van der Waals surface area contributed by atoms with Crippen molar-refractivity contribution in [2.75, 3.05) is 10.0 Å². The van der Waals surface area contributed by atoms with Crippen LogP contribution in [0.3, 0.4) is 0 Å². The topological polar surface area (TPSA) is 62.7 Å². The Morgan fingerprint density at radius 3 is 2.56 bits per heavy atom. The summed E-state index contributed by atoms with van der Waals surface area (Å²) < 4.78 is 18.5. The van der Waals surface area contributed by atoms with Gasteiger partial charge in [-0.2, -0.15) is 0 Å². The first-order valence-corrected chi connectivity index (χ1v) is 14.8. The van der Waals surface area contributed by atoms with Crippen LogP contribution in [0.4, 0.5) is 16.0 Å². The van der Waals surface area contributed by atoms with Crippen LogP contribution < -0.4 is 10.0 Å².